The Morgan fingerprint density at radius 1 is 1.56 bits per heavy atom. The molecule has 0 amide bonds. The molecule has 2 atom stereocenters. The van der Waals surface area contributed by atoms with Crippen molar-refractivity contribution < 1.29 is 4.39 Å². The predicted octanol–water partition coefficient (Wildman–Crippen LogP) is 3.80. The van der Waals surface area contributed by atoms with Gasteiger partial charge in [0.2, 0.25) is 0 Å². The first kappa shape index (κ1) is 12.1. The van der Waals surface area contributed by atoms with Crippen LogP contribution < -0.4 is 5.32 Å². The summed E-state index contributed by atoms with van der Waals surface area (Å²) in [6.45, 7) is 0. The van der Waals surface area contributed by atoms with Gasteiger partial charge in [0, 0.05) is 22.6 Å². The van der Waals surface area contributed by atoms with Gasteiger partial charge < -0.3 is 5.32 Å². The summed E-state index contributed by atoms with van der Waals surface area (Å²) in [5.74, 6) is 1.04. The molecule has 1 aromatic heterocycles. The molecule has 1 aromatic rings. The Hall–Kier alpha value is -0.350. The minimum absolute atomic E-state index is 0.251. The number of anilines is 1. The first-order valence-corrected chi connectivity index (χ1v) is 6.67. The summed E-state index contributed by atoms with van der Waals surface area (Å²) in [5, 5.41) is 3.15. The number of halogens is 3. The first-order valence-electron chi connectivity index (χ1n) is 5.34. The van der Waals surface area contributed by atoms with Crippen molar-refractivity contribution in [1.29, 1.82) is 0 Å². The van der Waals surface area contributed by atoms with Crippen LogP contribution in [-0.4, -0.2) is 16.9 Å². The monoisotopic (exact) mass is 306 g/mol. The topological polar surface area (TPSA) is 24.9 Å². The molecule has 1 N–H and O–H groups in total. The van der Waals surface area contributed by atoms with E-state index in [1.165, 1.54) is 6.07 Å². The van der Waals surface area contributed by atoms with E-state index in [2.05, 4.69) is 26.2 Å². The van der Waals surface area contributed by atoms with Crippen molar-refractivity contribution in [3.8, 4) is 0 Å². The van der Waals surface area contributed by atoms with Crippen LogP contribution >= 0.6 is 27.5 Å². The van der Waals surface area contributed by atoms with Crippen LogP contribution in [0, 0.1) is 11.7 Å². The van der Waals surface area contributed by atoms with Gasteiger partial charge in [0.1, 0.15) is 0 Å². The molecule has 0 radical (unpaired) electrons. The van der Waals surface area contributed by atoms with E-state index in [9.17, 15) is 4.39 Å². The smallest absolute Gasteiger partial charge is 0.166 e. The Morgan fingerprint density at radius 3 is 3.06 bits per heavy atom. The standard InChI is InChI=1S/C11H13BrClFN2/c12-8-4-9(14)11(15-6-8)16-10-3-1-2-7(10)5-13/h4,6-7,10H,1-3,5H2,(H,15,16). The minimum Gasteiger partial charge on any atom is -0.365 e. The highest BCUT2D eigenvalue weighted by Gasteiger charge is 2.27. The highest BCUT2D eigenvalue weighted by atomic mass is 79.9. The third kappa shape index (κ3) is 2.66. The number of hydrogen-bond donors (Lipinski definition) is 1. The molecular weight excluding hydrogens is 294 g/mol. The zero-order valence-electron chi connectivity index (χ0n) is 8.72. The minimum atomic E-state index is -0.324. The van der Waals surface area contributed by atoms with Gasteiger partial charge in [-0.2, -0.15) is 0 Å². The lowest BCUT2D eigenvalue weighted by Gasteiger charge is -2.19. The Morgan fingerprint density at radius 2 is 2.38 bits per heavy atom. The Labute approximate surface area is 108 Å². The van der Waals surface area contributed by atoms with Crippen LogP contribution in [-0.2, 0) is 0 Å². The lowest BCUT2D eigenvalue weighted by atomic mass is 10.1. The fourth-order valence-electron chi connectivity index (χ4n) is 2.11. The molecule has 2 rings (SSSR count). The molecule has 1 saturated carbocycles. The molecule has 2 nitrogen and oxygen atoms in total. The van der Waals surface area contributed by atoms with Crippen molar-refractivity contribution in [3.05, 3.63) is 22.6 Å². The zero-order chi connectivity index (χ0) is 11.5. The first-order chi connectivity index (χ1) is 7.70. The molecule has 1 aliphatic rings. The van der Waals surface area contributed by atoms with E-state index in [0.29, 0.717) is 22.1 Å². The van der Waals surface area contributed by atoms with Gasteiger partial charge in [-0.3, -0.25) is 0 Å². The van der Waals surface area contributed by atoms with Crippen molar-refractivity contribution >= 4 is 33.3 Å². The molecule has 5 heteroatoms. The number of rotatable bonds is 3. The normalized spacial score (nSPS) is 24.7. The van der Waals surface area contributed by atoms with E-state index >= 15 is 0 Å². The average molecular weight is 308 g/mol. The third-order valence-corrected chi connectivity index (χ3v) is 3.82. The summed E-state index contributed by atoms with van der Waals surface area (Å²) in [4.78, 5) is 4.03. The summed E-state index contributed by atoms with van der Waals surface area (Å²) in [6, 6.07) is 1.67. The van der Waals surface area contributed by atoms with Crippen LogP contribution in [0.5, 0.6) is 0 Å². The van der Waals surface area contributed by atoms with E-state index in [1.807, 2.05) is 0 Å². The Kier molecular flexibility index (Phi) is 4.03. The van der Waals surface area contributed by atoms with Gasteiger partial charge in [0.25, 0.3) is 0 Å². The number of hydrogen-bond acceptors (Lipinski definition) is 2. The van der Waals surface area contributed by atoms with Crippen molar-refractivity contribution in [1.82, 2.24) is 4.98 Å². The van der Waals surface area contributed by atoms with Crippen molar-refractivity contribution in [3.63, 3.8) is 0 Å². The largest absolute Gasteiger partial charge is 0.365 e. The second-order valence-electron chi connectivity index (χ2n) is 4.08. The number of nitrogens with zero attached hydrogens (tertiary/aromatic N) is 1. The van der Waals surface area contributed by atoms with E-state index < -0.39 is 0 Å². The highest BCUT2D eigenvalue weighted by Crippen LogP contribution is 2.29. The van der Waals surface area contributed by atoms with Gasteiger partial charge in [-0.25, -0.2) is 9.37 Å². The molecule has 1 heterocycles. The molecule has 0 spiro atoms. The van der Waals surface area contributed by atoms with Crippen LogP contribution in [0.2, 0.25) is 0 Å². The van der Waals surface area contributed by atoms with Crippen molar-refractivity contribution in [2.45, 2.75) is 25.3 Å². The summed E-state index contributed by atoms with van der Waals surface area (Å²) in [6.07, 6.45) is 4.89. The highest BCUT2D eigenvalue weighted by molar-refractivity contribution is 9.10. The number of nitrogens with one attached hydrogen (secondary N) is 1. The molecular formula is C11H13BrClFN2. The second-order valence-corrected chi connectivity index (χ2v) is 5.30. The summed E-state index contributed by atoms with van der Waals surface area (Å²) < 4.78 is 14.2. The van der Waals surface area contributed by atoms with E-state index in [4.69, 9.17) is 11.6 Å². The maximum absolute atomic E-state index is 13.5. The second kappa shape index (κ2) is 5.32. The molecule has 0 aliphatic heterocycles. The van der Waals surface area contributed by atoms with E-state index in [0.717, 1.165) is 19.3 Å². The molecule has 2 unspecified atom stereocenters. The van der Waals surface area contributed by atoms with Crippen LogP contribution in [0.15, 0.2) is 16.7 Å². The fraction of sp³-hybridized carbons (Fsp3) is 0.545. The van der Waals surface area contributed by atoms with Crippen molar-refractivity contribution in [2.75, 3.05) is 11.2 Å². The van der Waals surface area contributed by atoms with Gasteiger partial charge in [-0.1, -0.05) is 6.42 Å². The molecule has 1 aliphatic carbocycles. The number of aromatic nitrogens is 1. The van der Waals surface area contributed by atoms with Crippen LogP contribution in [0.25, 0.3) is 0 Å². The average Bonchev–Trinajstić information content (AvgIpc) is 2.69. The summed E-state index contributed by atoms with van der Waals surface area (Å²) in [5.41, 5.74) is 0. The van der Waals surface area contributed by atoms with Gasteiger partial charge in [0.05, 0.1) is 0 Å². The SMILES string of the molecule is Fc1cc(Br)cnc1NC1CCCC1CCl. The predicted molar refractivity (Wildman–Crippen MR) is 67.4 cm³/mol. The van der Waals surface area contributed by atoms with Crippen molar-refractivity contribution in [2.24, 2.45) is 5.92 Å². The van der Waals surface area contributed by atoms with Gasteiger partial charge in [-0.15, -0.1) is 11.6 Å². The molecule has 0 bridgehead atoms. The Balaban J connectivity index is 2.08. The van der Waals surface area contributed by atoms with Crippen LogP contribution in [0.1, 0.15) is 19.3 Å². The number of alkyl halides is 1. The summed E-state index contributed by atoms with van der Waals surface area (Å²) >= 11 is 9.06. The third-order valence-electron chi connectivity index (χ3n) is 2.99. The maximum atomic E-state index is 13.5. The lowest BCUT2D eigenvalue weighted by Crippen LogP contribution is -2.26. The van der Waals surface area contributed by atoms with E-state index in [-0.39, 0.29) is 11.9 Å². The molecule has 88 valence electrons. The molecule has 1 fully saturated rings. The zero-order valence-corrected chi connectivity index (χ0v) is 11.1. The van der Waals surface area contributed by atoms with E-state index in [1.54, 1.807) is 6.20 Å². The maximum Gasteiger partial charge on any atom is 0.166 e. The molecule has 16 heavy (non-hydrogen) atoms. The molecule has 0 aromatic carbocycles. The van der Waals surface area contributed by atoms with Gasteiger partial charge in [0.15, 0.2) is 11.6 Å². The van der Waals surface area contributed by atoms with Crippen LogP contribution in [0.3, 0.4) is 0 Å². The number of pyridine rings is 1. The Bertz CT molecular complexity index is 375. The van der Waals surface area contributed by atoms with Gasteiger partial charge >= 0.3 is 0 Å². The summed E-state index contributed by atoms with van der Waals surface area (Å²) in [7, 11) is 0. The lowest BCUT2D eigenvalue weighted by molar-refractivity contribution is 0.551. The quantitative estimate of drug-likeness (QED) is 0.859. The fourth-order valence-corrected chi connectivity index (χ4v) is 2.78. The molecule has 0 saturated heterocycles. The van der Waals surface area contributed by atoms with Crippen LogP contribution in [0.4, 0.5) is 10.2 Å². The van der Waals surface area contributed by atoms with Gasteiger partial charge in [-0.05, 0) is 40.8 Å².